The number of hydrogen-bond acceptors (Lipinski definition) is 6. The van der Waals surface area contributed by atoms with Crippen LogP contribution in [0.2, 0.25) is 0 Å². The zero-order chi connectivity index (χ0) is 25.2. The molecule has 3 heterocycles. The number of pyridine rings is 1. The van der Waals surface area contributed by atoms with Crippen LogP contribution in [-0.4, -0.2) is 57.1 Å². The van der Waals surface area contributed by atoms with Gasteiger partial charge in [-0.15, -0.1) is 0 Å². The summed E-state index contributed by atoms with van der Waals surface area (Å²) < 4.78 is 19.9. The molecule has 1 aliphatic heterocycles. The number of carbonyl (C=O) groups excluding carboxylic acids is 2. The fourth-order valence-electron chi connectivity index (χ4n) is 3.43. The second-order valence-corrected chi connectivity index (χ2v) is 8.66. The number of aliphatic hydroxyl groups is 1. The Bertz CT molecular complexity index is 1320. The second-order valence-electron chi connectivity index (χ2n) is 8.66. The number of amides is 2. The zero-order valence-electron chi connectivity index (χ0n) is 19.4. The van der Waals surface area contributed by atoms with Crippen molar-refractivity contribution in [2.45, 2.75) is 31.9 Å². The Labute approximate surface area is 201 Å². The van der Waals surface area contributed by atoms with Crippen LogP contribution in [0.3, 0.4) is 0 Å². The van der Waals surface area contributed by atoms with E-state index < -0.39 is 23.6 Å². The van der Waals surface area contributed by atoms with E-state index in [0.29, 0.717) is 23.4 Å². The van der Waals surface area contributed by atoms with Crippen molar-refractivity contribution >= 4 is 17.6 Å². The minimum absolute atomic E-state index is 0.0635. The normalized spacial score (nSPS) is 15.4. The number of halogens is 1. The quantitative estimate of drug-likeness (QED) is 0.442. The minimum atomic E-state index is -1.15. The highest BCUT2D eigenvalue weighted by molar-refractivity contribution is 6.00. The SMILES string of the molecule is CN1C(=O)[C@H](NC(=O)n2cc(Cc3ccc(F)nc3)cn2)COc2ccc(C#CC(C)(C)O)cc21. The van der Waals surface area contributed by atoms with E-state index in [-0.39, 0.29) is 12.5 Å². The van der Waals surface area contributed by atoms with E-state index in [1.165, 1.54) is 29.6 Å². The molecular formula is C25H24FN5O4. The molecule has 180 valence electrons. The van der Waals surface area contributed by atoms with E-state index in [4.69, 9.17) is 4.74 Å². The zero-order valence-corrected chi connectivity index (χ0v) is 19.4. The Hall–Kier alpha value is -4.23. The first kappa shape index (κ1) is 23.9. The van der Waals surface area contributed by atoms with E-state index in [2.05, 4.69) is 27.2 Å². The first-order chi connectivity index (χ1) is 16.6. The van der Waals surface area contributed by atoms with Gasteiger partial charge in [0.1, 0.15) is 24.0 Å². The van der Waals surface area contributed by atoms with E-state index in [1.54, 1.807) is 45.2 Å². The number of nitrogens with one attached hydrogen (secondary N) is 1. The lowest BCUT2D eigenvalue weighted by Crippen LogP contribution is -2.50. The van der Waals surface area contributed by atoms with E-state index in [0.717, 1.165) is 15.8 Å². The Morgan fingerprint density at radius 1 is 1.29 bits per heavy atom. The highest BCUT2D eigenvalue weighted by atomic mass is 19.1. The summed E-state index contributed by atoms with van der Waals surface area (Å²) in [6.45, 7) is 3.10. The summed E-state index contributed by atoms with van der Waals surface area (Å²) in [6, 6.07) is 6.46. The molecule has 1 aliphatic rings. The molecule has 0 fully saturated rings. The number of likely N-dealkylation sites (N-methyl/N-ethyl adjacent to an activating group) is 1. The lowest BCUT2D eigenvalue weighted by Gasteiger charge is -2.20. The van der Waals surface area contributed by atoms with Gasteiger partial charge in [-0.05, 0) is 49.2 Å². The van der Waals surface area contributed by atoms with Crippen LogP contribution >= 0.6 is 0 Å². The molecule has 3 aromatic rings. The van der Waals surface area contributed by atoms with Gasteiger partial charge in [0.25, 0.3) is 5.91 Å². The molecular weight excluding hydrogens is 453 g/mol. The van der Waals surface area contributed by atoms with Crippen LogP contribution in [0.5, 0.6) is 5.75 Å². The number of ether oxygens (including phenoxy) is 1. The Morgan fingerprint density at radius 3 is 2.80 bits per heavy atom. The molecule has 1 aromatic carbocycles. The number of fused-ring (bicyclic) bond motifs is 1. The number of hydrogen-bond donors (Lipinski definition) is 2. The standard InChI is InChI=1S/C25H24FN5O4/c1-25(2,34)9-8-16-4-6-21-20(11-16)30(3)23(32)19(15-35-21)29-24(33)31-14-18(13-28-31)10-17-5-7-22(26)27-12-17/h4-7,11-14,19,34H,10,15H2,1-3H3,(H,29,33)/t19-/m1/s1. The molecule has 0 aliphatic carbocycles. The van der Waals surface area contributed by atoms with Gasteiger partial charge in [-0.1, -0.05) is 17.9 Å². The minimum Gasteiger partial charge on any atom is -0.489 e. The van der Waals surface area contributed by atoms with Crippen molar-refractivity contribution < 1.29 is 23.8 Å². The highest BCUT2D eigenvalue weighted by Gasteiger charge is 2.31. The monoisotopic (exact) mass is 477 g/mol. The lowest BCUT2D eigenvalue weighted by atomic mass is 10.1. The Morgan fingerprint density at radius 2 is 2.09 bits per heavy atom. The van der Waals surface area contributed by atoms with E-state index in [9.17, 15) is 19.1 Å². The summed E-state index contributed by atoms with van der Waals surface area (Å²) in [4.78, 5) is 30.8. The molecule has 0 unspecified atom stereocenters. The van der Waals surface area contributed by atoms with Gasteiger partial charge in [0.05, 0.1) is 11.9 Å². The largest absolute Gasteiger partial charge is 0.489 e. The molecule has 0 spiro atoms. The van der Waals surface area contributed by atoms with Gasteiger partial charge < -0.3 is 20.1 Å². The molecule has 2 aromatic heterocycles. The van der Waals surface area contributed by atoms with Crippen molar-refractivity contribution in [3.05, 3.63) is 71.6 Å². The van der Waals surface area contributed by atoms with Crippen LogP contribution < -0.4 is 15.0 Å². The number of aromatic nitrogens is 3. The van der Waals surface area contributed by atoms with Crippen molar-refractivity contribution in [1.82, 2.24) is 20.1 Å². The first-order valence-corrected chi connectivity index (χ1v) is 10.8. The fraction of sp³-hybridized carbons (Fsp3) is 0.280. The maximum atomic E-state index is 13.1. The smallest absolute Gasteiger partial charge is 0.342 e. The maximum absolute atomic E-state index is 13.1. The third-order valence-corrected chi connectivity index (χ3v) is 5.21. The molecule has 1 atom stereocenters. The van der Waals surface area contributed by atoms with Crippen molar-refractivity contribution in [1.29, 1.82) is 0 Å². The number of carbonyl (C=O) groups is 2. The molecule has 0 radical (unpaired) electrons. The van der Waals surface area contributed by atoms with Crippen LogP contribution in [-0.2, 0) is 11.2 Å². The Kier molecular flexibility index (Phi) is 6.53. The molecule has 9 nitrogen and oxygen atoms in total. The third-order valence-electron chi connectivity index (χ3n) is 5.21. The maximum Gasteiger partial charge on any atom is 0.342 e. The van der Waals surface area contributed by atoms with Gasteiger partial charge in [0.15, 0.2) is 0 Å². The molecule has 35 heavy (non-hydrogen) atoms. The van der Waals surface area contributed by atoms with Crippen molar-refractivity contribution in [3.8, 4) is 17.6 Å². The van der Waals surface area contributed by atoms with E-state index >= 15 is 0 Å². The topological polar surface area (TPSA) is 110 Å². The summed E-state index contributed by atoms with van der Waals surface area (Å²) in [5.41, 5.74) is 1.45. The number of anilines is 1. The first-order valence-electron chi connectivity index (χ1n) is 10.8. The van der Waals surface area contributed by atoms with Gasteiger partial charge in [0.2, 0.25) is 5.95 Å². The number of rotatable bonds is 3. The van der Waals surface area contributed by atoms with Crippen molar-refractivity contribution in [3.63, 3.8) is 0 Å². The molecule has 4 rings (SSSR count). The predicted molar refractivity (Wildman–Crippen MR) is 125 cm³/mol. The molecule has 10 heteroatoms. The highest BCUT2D eigenvalue weighted by Crippen LogP contribution is 2.31. The van der Waals surface area contributed by atoms with Gasteiger partial charge in [-0.2, -0.15) is 14.2 Å². The van der Waals surface area contributed by atoms with Crippen molar-refractivity contribution in [2.24, 2.45) is 0 Å². The molecule has 2 amide bonds. The second kappa shape index (κ2) is 9.56. The number of benzene rings is 1. The van der Waals surface area contributed by atoms with Crippen LogP contribution in [0.4, 0.5) is 14.9 Å². The van der Waals surface area contributed by atoms with Gasteiger partial charge in [-0.25, -0.2) is 9.78 Å². The summed E-state index contributed by atoms with van der Waals surface area (Å²) in [5, 5.41) is 16.5. The summed E-state index contributed by atoms with van der Waals surface area (Å²) in [7, 11) is 1.59. The molecule has 0 saturated carbocycles. The van der Waals surface area contributed by atoms with Crippen LogP contribution in [0, 0.1) is 17.8 Å². The molecule has 0 saturated heterocycles. The van der Waals surface area contributed by atoms with Gasteiger partial charge in [-0.3, -0.25) is 4.79 Å². The molecule has 2 N–H and O–H groups in total. The van der Waals surface area contributed by atoms with Crippen LogP contribution in [0.25, 0.3) is 0 Å². The number of nitrogens with zero attached hydrogens (tertiary/aromatic N) is 4. The van der Waals surface area contributed by atoms with Crippen molar-refractivity contribution in [2.75, 3.05) is 18.6 Å². The average Bonchev–Trinajstić information content (AvgIpc) is 3.25. The van der Waals surface area contributed by atoms with Crippen LogP contribution in [0.15, 0.2) is 48.9 Å². The average molecular weight is 477 g/mol. The summed E-state index contributed by atoms with van der Waals surface area (Å²) in [5.74, 6) is 5.16. The van der Waals surface area contributed by atoms with E-state index in [1.807, 2.05) is 0 Å². The fourth-order valence-corrected chi connectivity index (χ4v) is 3.43. The third kappa shape index (κ3) is 5.83. The van der Waals surface area contributed by atoms with Gasteiger partial charge in [0, 0.05) is 31.4 Å². The summed E-state index contributed by atoms with van der Waals surface area (Å²) in [6.07, 6.45) is 4.89. The lowest BCUT2D eigenvalue weighted by molar-refractivity contribution is -0.120. The molecule has 0 bridgehead atoms. The van der Waals surface area contributed by atoms with Gasteiger partial charge >= 0.3 is 6.03 Å². The van der Waals surface area contributed by atoms with Crippen LogP contribution in [0.1, 0.15) is 30.5 Å². The Balaban J connectivity index is 1.45. The predicted octanol–water partition coefficient (Wildman–Crippen LogP) is 2.11. The summed E-state index contributed by atoms with van der Waals surface area (Å²) >= 11 is 0.